The third kappa shape index (κ3) is 4.83. The zero-order chi connectivity index (χ0) is 15.9. The first-order valence-corrected chi connectivity index (χ1v) is 7.93. The number of thiocarbonyl (C=S) groups is 1. The van der Waals surface area contributed by atoms with Gasteiger partial charge in [0.2, 0.25) is 0 Å². The minimum atomic E-state index is 0.360. The standard InChI is InChI=1S/C18H23N3S/c1-14-9-11-16(12-10-14)20-18(22)19-13-17(21(2)3)15-7-5-4-6-8-15/h4-12,17H,13H2,1-3H3,(H2,19,20,22)/p+1/t17-/m1/s1. The van der Waals surface area contributed by atoms with Crippen molar-refractivity contribution in [3.05, 3.63) is 65.7 Å². The summed E-state index contributed by atoms with van der Waals surface area (Å²) >= 11 is 5.39. The Labute approximate surface area is 138 Å². The summed E-state index contributed by atoms with van der Waals surface area (Å²) in [6.07, 6.45) is 0. The molecule has 0 amide bonds. The van der Waals surface area contributed by atoms with Crippen molar-refractivity contribution in [2.24, 2.45) is 0 Å². The van der Waals surface area contributed by atoms with Crippen LogP contribution in [0.15, 0.2) is 54.6 Å². The lowest BCUT2D eigenvalue weighted by atomic mass is 10.1. The van der Waals surface area contributed by atoms with Crippen LogP contribution >= 0.6 is 12.2 Å². The van der Waals surface area contributed by atoms with Crippen LogP contribution in [0.4, 0.5) is 5.69 Å². The number of rotatable bonds is 5. The summed E-state index contributed by atoms with van der Waals surface area (Å²) in [4.78, 5) is 1.37. The van der Waals surface area contributed by atoms with Crippen LogP contribution in [0.1, 0.15) is 17.2 Å². The fourth-order valence-electron chi connectivity index (χ4n) is 2.35. The summed E-state index contributed by atoms with van der Waals surface area (Å²) in [7, 11) is 4.32. The Balaban J connectivity index is 1.92. The minimum Gasteiger partial charge on any atom is -0.356 e. The molecule has 0 bridgehead atoms. The highest BCUT2D eigenvalue weighted by molar-refractivity contribution is 7.80. The van der Waals surface area contributed by atoms with E-state index in [1.54, 1.807) is 0 Å². The minimum absolute atomic E-state index is 0.360. The van der Waals surface area contributed by atoms with Crippen LogP contribution in [0, 0.1) is 6.92 Å². The Bertz CT molecular complexity index is 593. The van der Waals surface area contributed by atoms with Crippen LogP contribution in [-0.2, 0) is 0 Å². The van der Waals surface area contributed by atoms with Crippen molar-refractivity contribution in [2.45, 2.75) is 13.0 Å². The number of aryl methyl sites for hydroxylation is 1. The van der Waals surface area contributed by atoms with Crippen LogP contribution in [0.5, 0.6) is 0 Å². The molecule has 2 rings (SSSR count). The molecule has 0 aliphatic rings. The molecule has 0 saturated carbocycles. The third-order valence-electron chi connectivity index (χ3n) is 3.68. The molecular formula is C18H24N3S+. The van der Waals surface area contributed by atoms with Crippen molar-refractivity contribution < 1.29 is 4.90 Å². The van der Waals surface area contributed by atoms with E-state index in [-0.39, 0.29) is 0 Å². The van der Waals surface area contributed by atoms with Gasteiger partial charge in [0.1, 0.15) is 6.04 Å². The van der Waals surface area contributed by atoms with E-state index in [1.807, 2.05) is 18.2 Å². The van der Waals surface area contributed by atoms with Gasteiger partial charge < -0.3 is 15.5 Å². The van der Waals surface area contributed by atoms with Gasteiger partial charge in [-0.25, -0.2) is 0 Å². The molecule has 116 valence electrons. The van der Waals surface area contributed by atoms with Gasteiger partial charge in [-0.05, 0) is 31.3 Å². The Morgan fingerprint density at radius 2 is 1.68 bits per heavy atom. The Morgan fingerprint density at radius 3 is 2.27 bits per heavy atom. The largest absolute Gasteiger partial charge is 0.356 e. The Kier molecular flexibility index (Phi) is 5.92. The van der Waals surface area contributed by atoms with Crippen molar-refractivity contribution in [3.8, 4) is 0 Å². The number of anilines is 1. The third-order valence-corrected chi connectivity index (χ3v) is 3.92. The maximum Gasteiger partial charge on any atom is 0.171 e. The highest BCUT2D eigenvalue weighted by atomic mass is 32.1. The van der Waals surface area contributed by atoms with E-state index in [0.717, 1.165) is 12.2 Å². The van der Waals surface area contributed by atoms with Crippen molar-refractivity contribution in [2.75, 3.05) is 26.0 Å². The monoisotopic (exact) mass is 314 g/mol. The quantitative estimate of drug-likeness (QED) is 0.739. The number of hydrogen-bond donors (Lipinski definition) is 3. The predicted octanol–water partition coefficient (Wildman–Crippen LogP) is 2.17. The molecule has 2 aromatic carbocycles. The molecule has 0 aliphatic heterocycles. The van der Waals surface area contributed by atoms with E-state index in [4.69, 9.17) is 12.2 Å². The average molecular weight is 314 g/mol. The second kappa shape index (κ2) is 7.92. The predicted molar refractivity (Wildman–Crippen MR) is 97.4 cm³/mol. The van der Waals surface area contributed by atoms with Gasteiger partial charge in [-0.15, -0.1) is 0 Å². The molecule has 0 heterocycles. The molecule has 1 atom stereocenters. The molecule has 0 radical (unpaired) electrons. The van der Waals surface area contributed by atoms with Gasteiger partial charge in [-0.2, -0.15) is 0 Å². The maximum absolute atomic E-state index is 5.39. The SMILES string of the molecule is Cc1ccc(NC(=S)NC[C@H](c2ccccc2)[NH+](C)C)cc1. The molecule has 2 aromatic rings. The second-order valence-corrected chi connectivity index (χ2v) is 6.15. The van der Waals surface area contributed by atoms with Crippen molar-refractivity contribution in [3.63, 3.8) is 0 Å². The van der Waals surface area contributed by atoms with Gasteiger partial charge in [0.05, 0.1) is 20.6 Å². The fraction of sp³-hybridized carbons (Fsp3) is 0.278. The van der Waals surface area contributed by atoms with Crippen molar-refractivity contribution in [1.82, 2.24) is 5.32 Å². The molecular weight excluding hydrogens is 290 g/mol. The first kappa shape index (κ1) is 16.5. The molecule has 0 aliphatic carbocycles. The molecule has 0 aromatic heterocycles. The number of likely N-dealkylation sites (N-methyl/N-ethyl adjacent to an activating group) is 1. The topological polar surface area (TPSA) is 28.5 Å². The van der Waals surface area contributed by atoms with E-state index in [1.165, 1.54) is 16.0 Å². The lowest BCUT2D eigenvalue weighted by Gasteiger charge is -2.23. The van der Waals surface area contributed by atoms with Gasteiger partial charge in [-0.3, -0.25) is 0 Å². The Hall–Kier alpha value is -1.91. The zero-order valence-electron chi connectivity index (χ0n) is 13.4. The van der Waals surface area contributed by atoms with Gasteiger partial charge in [-0.1, -0.05) is 48.0 Å². The van der Waals surface area contributed by atoms with Crippen LogP contribution < -0.4 is 15.5 Å². The second-order valence-electron chi connectivity index (χ2n) is 5.74. The molecule has 22 heavy (non-hydrogen) atoms. The summed E-state index contributed by atoms with van der Waals surface area (Å²) < 4.78 is 0. The van der Waals surface area contributed by atoms with E-state index >= 15 is 0 Å². The molecule has 4 heteroatoms. The van der Waals surface area contributed by atoms with Crippen LogP contribution in [0.3, 0.4) is 0 Å². The van der Waals surface area contributed by atoms with Crippen molar-refractivity contribution in [1.29, 1.82) is 0 Å². The molecule has 3 nitrogen and oxygen atoms in total. The average Bonchev–Trinajstić information content (AvgIpc) is 2.50. The molecule has 0 fully saturated rings. The fourth-order valence-corrected chi connectivity index (χ4v) is 2.55. The van der Waals surface area contributed by atoms with E-state index in [9.17, 15) is 0 Å². The number of nitrogens with one attached hydrogen (secondary N) is 3. The first-order valence-electron chi connectivity index (χ1n) is 7.53. The summed E-state index contributed by atoms with van der Waals surface area (Å²) in [6.45, 7) is 2.87. The zero-order valence-corrected chi connectivity index (χ0v) is 14.2. The van der Waals surface area contributed by atoms with Gasteiger partial charge >= 0.3 is 0 Å². The summed E-state index contributed by atoms with van der Waals surface area (Å²) in [5, 5.41) is 7.21. The highest BCUT2D eigenvalue weighted by Crippen LogP contribution is 2.10. The molecule has 3 N–H and O–H groups in total. The lowest BCUT2D eigenvalue weighted by molar-refractivity contribution is -0.890. The van der Waals surface area contributed by atoms with Gasteiger partial charge in [0.15, 0.2) is 5.11 Å². The summed E-state index contributed by atoms with van der Waals surface area (Å²) in [5.74, 6) is 0. The van der Waals surface area contributed by atoms with Crippen LogP contribution in [0.25, 0.3) is 0 Å². The molecule has 0 unspecified atom stereocenters. The van der Waals surface area contributed by atoms with Gasteiger partial charge in [0.25, 0.3) is 0 Å². The van der Waals surface area contributed by atoms with Crippen LogP contribution in [-0.4, -0.2) is 25.8 Å². The lowest BCUT2D eigenvalue weighted by Crippen LogP contribution is -3.07. The normalized spacial score (nSPS) is 12.0. The smallest absolute Gasteiger partial charge is 0.171 e. The van der Waals surface area contributed by atoms with E-state index in [2.05, 4.69) is 68.1 Å². The summed E-state index contributed by atoms with van der Waals surface area (Å²) in [5.41, 5.74) is 3.56. The van der Waals surface area contributed by atoms with Gasteiger partial charge in [0, 0.05) is 11.3 Å². The first-order chi connectivity index (χ1) is 10.6. The van der Waals surface area contributed by atoms with E-state index in [0.29, 0.717) is 11.2 Å². The maximum atomic E-state index is 5.39. The number of benzene rings is 2. The highest BCUT2D eigenvalue weighted by Gasteiger charge is 2.17. The number of quaternary nitrogens is 1. The van der Waals surface area contributed by atoms with Crippen LogP contribution in [0.2, 0.25) is 0 Å². The van der Waals surface area contributed by atoms with E-state index < -0.39 is 0 Å². The Morgan fingerprint density at radius 1 is 1.05 bits per heavy atom. The molecule has 0 saturated heterocycles. The summed E-state index contributed by atoms with van der Waals surface area (Å²) in [6, 6.07) is 19.1. The number of hydrogen-bond acceptors (Lipinski definition) is 1. The molecule has 0 spiro atoms. The van der Waals surface area contributed by atoms with Crippen molar-refractivity contribution >= 4 is 23.0 Å².